The molecule has 1 heterocycles. The van der Waals surface area contributed by atoms with Gasteiger partial charge in [-0.1, -0.05) is 6.07 Å². The van der Waals surface area contributed by atoms with Crippen LogP contribution >= 0.6 is 0 Å². The molecule has 0 unspecified atom stereocenters. The first-order chi connectivity index (χ1) is 14.7. The van der Waals surface area contributed by atoms with Crippen LogP contribution < -0.4 is 14.8 Å². The molecule has 1 aromatic carbocycles. The van der Waals surface area contributed by atoms with Gasteiger partial charge in [0.25, 0.3) is 0 Å². The summed E-state index contributed by atoms with van der Waals surface area (Å²) in [6.07, 6.45) is 8.14. The van der Waals surface area contributed by atoms with Crippen molar-refractivity contribution in [3.63, 3.8) is 0 Å². The molecule has 0 aliphatic heterocycles. The molecule has 2 amide bonds. The molecule has 9 nitrogen and oxygen atoms in total. The first-order valence-electron chi connectivity index (χ1n) is 10.7. The fraction of sp³-hybridized carbons (Fsp3) is 0.524. The maximum absolute atomic E-state index is 12.7. The molecule has 2 aliphatic carbocycles. The van der Waals surface area contributed by atoms with E-state index in [1.54, 1.807) is 17.9 Å². The minimum absolute atomic E-state index is 0.367. The van der Waals surface area contributed by atoms with Gasteiger partial charge in [-0.15, -0.1) is 0 Å². The number of anilines is 2. The lowest BCUT2D eigenvalue weighted by molar-refractivity contribution is 0.256. The Labute approximate surface area is 183 Å². The van der Waals surface area contributed by atoms with Gasteiger partial charge in [0, 0.05) is 31.9 Å². The van der Waals surface area contributed by atoms with Gasteiger partial charge in [0.05, 0.1) is 11.4 Å². The quantitative estimate of drug-likeness (QED) is 0.603. The summed E-state index contributed by atoms with van der Waals surface area (Å²) in [4.78, 5) is 14.6. The van der Waals surface area contributed by atoms with Crippen LogP contribution in [0.1, 0.15) is 40.8 Å². The summed E-state index contributed by atoms with van der Waals surface area (Å²) in [6.45, 7) is 0.726. The second-order valence-corrected chi connectivity index (χ2v) is 10.0. The van der Waals surface area contributed by atoms with Crippen molar-refractivity contribution in [3.8, 4) is 0 Å². The molecule has 0 saturated heterocycles. The van der Waals surface area contributed by atoms with E-state index in [0.29, 0.717) is 17.8 Å². The Balaban J connectivity index is 1.48. The van der Waals surface area contributed by atoms with E-state index in [1.165, 1.54) is 11.1 Å². The normalized spacial score (nSPS) is 15.1. The zero-order valence-electron chi connectivity index (χ0n) is 18.3. The first kappa shape index (κ1) is 21.6. The van der Waals surface area contributed by atoms with Crippen molar-refractivity contribution in [3.05, 3.63) is 40.2 Å². The van der Waals surface area contributed by atoms with Gasteiger partial charge >= 0.3 is 16.2 Å². The second kappa shape index (κ2) is 8.51. The number of aryl methyl sites for hydroxylation is 3. The van der Waals surface area contributed by atoms with Crippen molar-refractivity contribution in [2.75, 3.05) is 30.7 Å². The molecular formula is C21H30N6O3S. The number of urea groups is 1. The Bertz CT molecular complexity index is 1070. The van der Waals surface area contributed by atoms with Gasteiger partial charge in [-0.3, -0.25) is 9.40 Å². The number of hydrogen-bond donors (Lipinski definition) is 3. The maximum atomic E-state index is 12.7. The van der Waals surface area contributed by atoms with Crippen LogP contribution in [0.4, 0.5) is 16.2 Å². The van der Waals surface area contributed by atoms with E-state index in [4.69, 9.17) is 0 Å². The molecule has 0 bridgehead atoms. The van der Waals surface area contributed by atoms with Crippen LogP contribution in [0.15, 0.2) is 12.3 Å². The van der Waals surface area contributed by atoms with Crippen LogP contribution in [0.5, 0.6) is 0 Å². The van der Waals surface area contributed by atoms with E-state index < -0.39 is 16.2 Å². The van der Waals surface area contributed by atoms with Gasteiger partial charge in [0.2, 0.25) is 0 Å². The number of likely N-dealkylation sites (N-methyl/N-ethyl adjacent to an activating group) is 1. The van der Waals surface area contributed by atoms with Crippen molar-refractivity contribution in [2.45, 2.75) is 44.9 Å². The minimum atomic E-state index is -4.11. The van der Waals surface area contributed by atoms with Crippen molar-refractivity contribution in [1.82, 2.24) is 19.4 Å². The van der Waals surface area contributed by atoms with Crippen LogP contribution in [0, 0.1) is 0 Å². The molecule has 0 radical (unpaired) electrons. The van der Waals surface area contributed by atoms with Gasteiger partial charge in [-0.05, 0) is 74.9 Å². The molecule has 3 N–H and O–H groups in total. The number of fused-ring (bicyclic) bond motifs is 2. The number of amides is 2. The molecule has 2 aliphatic rings. The van der Waals surface area contributed by atoms with Crippen LogP contribution in [0.25, 0.3) is 0 Å². The average molecular weight is 447 g/mol. The van der Waals surface area contributed by atoms with E-state index >= 15 is 0 Å². The van der Waals surface area contributed by atoms with Crippen LogP contribution in [-0.2, 0) is 49.4 Å². The molecule has 0 saturated carbocycles. The molecule has 10 heteroatoms. The number of benzene rings is 1. The maximum Gasteiger partial charge on any atom is 0.334 e. The highest BCUT2D eigenvalue weighted by molar-refractivity contribution is 7.91. The predicted molar refractivity (Wildman–Crippen MR) is 121 cm³/mol. The lowest BCUT2D eigenvalue weighted by atomic mass is 9.99. The highest BCUT2D eigenvalue weighted by atomic mass is 32.2. The summed E-state index contributed by atoms with van der Waals surface area (Å²) < 4.78 is 31.4. The Morgan fingerprint density at radius 2 is 1.77 bits per heavy atom. The molecule has 31 heavy (non-hydrogen) atoms. The van der Waals surface area contributed by atoms with E-state index in [2.05, 4.69) is 25.9 Å². The highest BCUT2D eigenvalue weighted by Crippen LogP contribution is 2.38. The lowest BCUT2D eigenvalue weighted by Crippen LogP contribution is -2.38. The van der Waals surface area contributed by atoms with Crippen LogP contribution in [0.3, 0.4) is 0 Å². The zero-order valence-corrected chi connectivity index (χ0v) is 19.1. The van der Waals surface area contributed by atoms with Crippen LogP contribution in [0.2, 0.25) is 0 Å². The molecule has 2 aromatic rings. The van der Waals surface area contributed by atoms with Gasteiger partial charge in [-0.25, -0.2) is 9.52 Å². The Morgan fingerprint density at radius 1 is 1.13 bits per heavy atom. The molecule has 4 rings (SSSR count). The number of carbonyl (C=O) groups excluding carboxylic acids is 1. The average Bonchev–Trinajstić information content (AvgIpc) is 3.38. The Kier molecular flexibility index (Phi) is 5.94. The van der Waals surface area contributed by atoms with Gasteiger partial charge < -0.3 is 10.2 Å². The molecular weight excluding hydrogens is 416 g/mol. The molecule has 1 aromatic heterocycles. The van der Waals surface area contributed by atoms with E-state index in [0.717, 1.165) is 61.9 Å². The van der Waals surface area contributed by atoms with Gasteiger partial charge in [-0.2, -0.15) is 13.5 Å². The third-order valence-corrected chi connectivity index (χ3v) is 6.83. The zero-order chi connectivity index (χ0) is 22.2. The van der Waals surface area contributed by atoms with Crippen molar-refractivity contribution >= 4 is 27.6 Å². The number of hydrogen-bond acceptors (Lipinski definition) is 5. The predicted octanol–water partition coefficient (Wildman–Crippen LogP) is 1.98. The fourth-order valence-electron chi connectivity index (χ4n) is 4.53. The number of nitrogens with zero attached hydrogens (tertiary/aromatic N) is 3. The van der Waals surface area contributed by atoms with Gasteiger partial charge in [0.15, 0.2) is 0 Å². The standard InChI is InChI=1S/C21H30N6O3S/c1-26(2)11-10-18-19(13-27(3)23-18)24-31(29,30)25-21(28)22-20-16-8-4-6-14(16)12-15-7-5-9-17(15)20/h12-13,24H,4-11H2,1-3H3,(H2,22,25,28). The summed E-state index contributed by atoms with van der Waals surface area (Å²) in [5.74, 6) is 0. The summed E-state index contributed by atoms with van der Waals surface area (Å²) in [7, 11) is 1.50. The molecule has 0 spiro atoms. The Morgan fingerprint density at radius 3 is 2.39 bits per heavy atom. The number of nitrogens with one attached hydrogen (secondary N) is 3. The summed E-state index contributed by atoms with van der Waals surface area (Å²) in [5.41, 5.74) is 6.66. The largest absolute Gasteiger partial charge is 0.334 e. The molecule has 0 fully saturated rings. The number of carbonyl (C=O) groups is 1. The third-order valence-electron chi connectivity index (χ3n) is 5.88. The topological polar surface area (TPSA) is 108 Å². The second-order valence-electron chi connectivity index (χ2n) is 8.61. The van der Waals surface area contributed by atoms with E-state index in [-0.39, 0.29) is 0 Å². The highest BCUT2D eigenvalue weighted by Gasteiger charge is 2.26. The van der Waals surface area contributed by atoms with Crippen molar-refractivity contribution in [1.29, 1.82) is 0 Å². The van der Waals surface area contributed by atoms with Crippen LogP contribution in [-0.4, -0.2) is 49.8 Å². The first-order valence-corrected chi connectivity index (χ1v) is 12.2. The molecule has 0 atom stereocenters. The fourth-order valence-corrected chi connectivity index (χ4v) is 5.34. The smallest absolute Gasteiger partial charge is 0.309 e. The van der Waals surface area contributed by atoms with E-state index in [9.17, 15) is 13.2 Å². The third kappa shape index (κ3) is 4.85. The van der Waals surface area contributed by atoms with Crippen molar-refractivity contribution in [2.24, 2.45) is 7.05 Å². The SMILES string of the molecule is CN(C)CCc1nn(C)cc1NS(=O)(=O)NC(=O)Nc1c2c(cc3c1CCC3)CCC2. The molecule has 168 valence electrons. The summed E-state index contributed by atoms with van der Waals surface area (Å²) in [6, 6.07) is 1.52. The van der Waals surface area contributed by atoms with E-state index in [1.807, 2.05) is 19.0 Å². The number of aromatic nitrogens is 2. The minimum Gasteiger partial charge on any atom is -0.309 e. The lowest BCUT2D eigenvalue weighted by Gasteiger charge is -2.17. The Hall–Kier alpha value is -2.59. The number of rotatable bonds is 7. The summed E-state index contributed by atoms with van der Waals surface area (Å²) in [5, 5.41) is 7.17. The van der Waals surface area contributed by atoms with Crippen molar-refractivity contribution < 1.29 is 13.2 Å². The monoisotopic (exact) mass is 446 g/mol. The van der Waals surface area contributed by atoms with Gasteiger partial charge in [0.1, 0.15) is 0 Å². The summed E-state index contributed by atoms with van der Waals surface area (Å²) >= 11 is 0.